The zero-order chi connectivity index (χ0) is 9.14. The Bertz CT molecular complexity index is 327. The number of rotatable bonds is 2. The molecule has 2 heteroatoms. The highest BCUT2D eigenvalue weighted by molar-refractivity contribution is 5.90. The van der Waals surface area contributed by atoms with Crippen LogP contribution in [0.15, 0.2) is 24.8 Å². The Morgan fingerprint density at radius 1 is 1.58 bits per heavy atom. The zero-order valence-electron chi connectivity index (χ0n) is 6.87. The first-order valence-corrected chi connectivity index (χ1v) is 3.62. The maximum absolute atomic E-state index is 10.7. The summed E-state index contributed by atoms with van der Waals surface area (Å²) in [7, 11) is 0. The van der Waals surface area contributed by atoms with Crippen LogP contribution in [0.3, 0.4) is 0 Å². The van der Waals surface area contributed by atoms with Crippen LogP contribution in [-0.2, 0) is 0 Å². The van der Waals surface area contributed by atoms with Crippen molar-refractivity contribution >= 4 is 12.0 Å². The van der Waals surface area contributed by atoms with E-state index < -0.39 is 5.97 Å². The van der Waals surface area contributed by atoms with Crippen LogP contribution in [0, 0.1) is 6.92 Å². The summed E-state index contributed by atoms with van der Waals surface area (Å²) >= 11 is 0. The molecule has 0 aliphatic rings. The van der Waals surface area contributed by atoms with Gasteiger partial charge in [0.05, 0.1) is 5.56 Å². The topological polar surface area (TPSA) is 37.3 Å². The molecule has 0 unspecified atom stereocenters. The van der Waals surface area contributed by atoms with Crippen molar-refractivity contribution in [1.82, 2.24) is 0 Å². The Balaban J connectivity index is 3.32. The quantitative estimate of drug-likeness (QED) is 0.724. The lowest BCUT2D eigenvalue weighted by molar-refractivity contribution is 0.0696. The van der Waals surface area contributed by atoms with Gasteiger partial charge in [0.2, 0.25) is 0 Å². The second-order valence-electron chi connectivity index (χ2n) is 2.53. The fourth-order valence-corrected chi connectivity index (χ4v) is 1.11. The van der Waals surface area contributed by atoms with Gasteiger partial charge in [-0.15, -0.1) is 0 Å². The zero-order valence-corrected chi connectivity index (χ0v) is 6.87. The molecule has 1 N–H and O–H groups in total. The molecule has 0 saturated carbocycles. The van der Waals surface area contributed by atoms with Gasteiger partial charge in [-0.05, 0) is 24.1 Å². The molecule has 12 heavy (non-hydrogen) atoms. The second kappa shape index (κ2) is 3.22. The predicted molar refractivity (Wildman–Crippen MR) is 48.2 cm³/mol. The molecule has 0 amide bonds. The van der Waals surface area contributed by atoms with E-state index in [1.54, 1.807) is 25.1 Å². The lowest BCUT2D eigenvalue weighted by Crippen LogP contribution is -2.00. The Hall–Kier alpha value is -1.57. The van der Waals surface area contributed by atoms with Crippen molar-refractivity contribution in [3.8, 4) is 0 Å². The molecule has 1 rings (SSSR count). The lowest BCUT2D eigenvalue weighted by atomic mass is 10.0. The number of carbonyl (C=O) groups is 1. The van der Waals surface area contributed by atoms with E-state index in [2.05, 4.69) is 6.58 Å². The molecule has 1 aromatic rings. The van der Waals surface area contributed by atoms with E-state index in [1.165, 1.54) is 0 Å². The van der Waals surface area contributed by atoms with E-state index in [0.29, 0.717) is 5.56 Å². The van der Waals surface area contributed by atoms with Crippen LogP contribution in [0.25, 0.3) is 6.08 Å². The van der Waals surface area contributed by atoms with Gasteiger partial charge in [-0.1, -0.05) is 24.8 Å². The lowest BCUT2D eigenvalue weighted by Gasteiger charge is -2.03. The average Bonchev–Trinajstić information content (AvgIpc) is 2.04. The minimum atomic E-state index is -0.892. The molecule has 0 aliphatic heterocycles. The second-order valence-corrected chi connectivity index (χ2v) is 2.53. The van der Waals surface area contributed by atoms with E-state index in [-0.39, 0.29) is 0 Å². The summed E-state index contributed by atoms with van der Waals surface area (Å²) in [5, 5.41) is 8.75. The molecule has 0 heterocycles. The number of benzene rings is 1. The summed E-state index contributed by atoms with van der Waals surface area (Å²) in [5.41, 5.74) is 1.97. The smallest absolute Gasteiger partial charge is 0.335 e. The Morgan fingerprint density at radius 3 is 2.75 bits per heavy atom. The van der Waals surface area contributed by atoms with Crippen LogP contribution in [0.5, 0.6) is 0 Å². The first-order chi connectivity index (χ1) is 5.66. The minimum absolute atomic E-state index is 0.340. The maximum atomic E-state index is 10.7. The van der Waals surface area contributed by atoms with Gasteiger partial charge in [0.15, 0.2) is 0 Å². The van der Waals surface area contributed by atoms with Crippen molar-refractivity contribution in [3.63, 3.8) is 0 Å². The van der Waals surface area contributed by atoms with E-state index in [9.17, 15) is 4.79 Å². The third-order valence-corrected chi connectivity index (χ3v) is 1.83. The van der Waals surface area contributed by atoms with E-state index in [0.717, 1.165) is 11.1 Å². The fourth-order valence-electron chi connectivity index (χ4n) is 1.11. The predicted octanol–water partition coefficient (Wildman–Crippen LogP) is 2.34. The monoisotopic (exact) mass is 162 g/mol. The summed E-state index contributed by atoms with van der Waals surface area (Å²) in [6.45, 7) is 5.38. The van der Waals surface area contributed by atoms with Gasteiger partial charge < -0.3 is 5.11 Å². The number of carboxylic acid groups (broad SMARTS) is 1. The molecule has 0 atom stereocenters. The summed E-state index contributed by atoms with van der Waals surface area (Å²) in [6, 6.07) is 5.15. The maximum Gasteiger partial charge on any atom is 0.335 e. The van der Waals surface area contributed by atoms with Gasteiger partial charge in [-0.2, -0.15) is 0 Å². The minimum Gasteiger partial charge on any atom is -0.478 e. The van der Waals surface area contributed by atoms with E-state index in [4.69, 9.17) is 5.11 Å². The SMILES string of the molecule is C=Cc1cccc(C(=O)O)c1C. The number of aromatic carboxylic acids is 1. The van der Waals surface area contributed by atoms with Crippen LogP contribution in [0.2, 0.25) is 0 Å². The molecule has 62 valence electrons. The number of carboxylic acids is 1. The molecule has 0 aromatic heterocycles. The van der Waals surface area contributed by atoms with Gasteiger partial charge in [0, 0.05) is 0 Å². The first-order valence-electron chi connectivity index (χ1n) is 3.62. The highest BCUT2D eigenvalue weighted by Crippen LogP contribution is 2.14. The normalized spacial score (nSPS) is 9.42. The highest BCUT2D eigenvalue weighted by Gasteiger charge is 2.07. The molecule has 0 radical (unpaired) electrons. The van der Waals surface area contributed by atoms with Gasteiger partial charge in [0.25, 0.3) is 0 Å². The van der Waals surface area contributed by atoms with Crippen molar-refractivity contribution in [1.29, 1.82) is 0 Å². The van der Waals surface area contributed by atoms with Gasteiger partial charge in [-0.25, -0.2) is 4.79 Å². The molecule has 0 bridgehead atoms. The van der Waals surface area contributed by atoms with Crippen molar-refractivity contribution in [2.45, 2.75) is 6.92 Å². The molecule has 1 aromatic carbocycles. The Kier molecular flexibility index (Phi) is 2.29. The van der Waals surface area contributed by atoms with Crippen molar-refractivity contribution in [2.24, 2.45) is 0 Å². The van der Waals surface area contributed by atoms with E-state index >= 15 is 0 Å². The summed E-state index contributed by atoms with van der Waals surface area (Å²) in [5.74, 6) is -0.892. The Morgan fingerprint density at radius 2 is 2.25 bits per heavy atom. The Labute approximate surface area is 71.2 Å². The highest BCUT2D eigenvalue weighted by atomic mass is 16.4. The van der Waals surface area contributed by atoms with Crippen molar-refractivity contribution < 1.29 is 9.90 Å². The third-order valence-electron chi connectivity index (χ3n) is 1.83. The van der Waals surface area contributed by atoms with Crippen LogP contribution in [0.1, 0.15) is 21.5 Å². The molecule has 0 fully saturated rings. The van der Waals surface area contributed by atoms with E-state index in [1.807, 2.05) is 6.07 Å². The summed E-state index contributed by atoms with van der Waals surface area (Å²) in [4.78, 5) is 10.7. The van der Waals surface area contributed by atoms with Crippen molar-refractivity contribution in [2.75, 3.05) is 0 Å². The van der Waals surface area contributed by atoms with Gasteiger partial charge in [-0.3, -0.25) is 0 Å². The molecular formula is C10H10O2. The van der Waals surface area contributed by atoms with Crippen LogP contribution in [-0.4, -0.2) is 11.1 Å². The fraction of sp³-hybridized carbons (Fsp3) is 0.100. The largest absolute Gasteiger partial charge is 0.478 e. The van der Waals surface area contributed by atoms with Crippen molar-refractivity contribution in [3.05, 3.63) is 41.5 Å². The number of hydrogen-bond donors (Lipinski definition) is 1. The van der Waals surface area contributed by atoms with Gasteiger partial charge >= 0.3 is 5.97 Å². The summed E-state index contributed by atoms with van der Waals surface area (Å²) < 4.78 is 0. The van der Waals surface area contributed by atoms with Crippen LogP contribution < -0.4 is 0 Å². The van der Waals surface area contributed by atoms with Crippen LogP contribution in [0.4, 0.5) is 0 Å². The molecular weight excluding hydrogens is 152 g/mol. The molecule has 0 aliphatic carbocycles. The van der Waals surface area contributed by atoms with Crippen LogP contribution >= 0.6 is 0 Å². The number of hydrogen-bond acceptors (Lipinski definition) is 1. The van der Waals surface area contributed by atoms with Gasteiger partial charge in [0.1, 0.15) is 0 Å². The molecule has 2 nitrogen and oxygen atoms in total. The third kappa shape index (κ3) is 1.37. The first kappa shape index (κ1) is 8.53. The average molecular weight is 162 g/mol. The molecule has 0 saturated heterocycles. The molecule has 0 spiro atoms. The standard InChI is InChI=1S/C10H10O2/c1-3-8-5-4-6-9(7(8)2)10(11)12/h3-6H,1H2,2H3,(H,11,12). The summed E-state index contributed by atoms with van der Waals surface area (Å²) in [6.07, 6.45) is 1.65.